The number of carbonyl (C=O) groups excluding carboxylic acids is 2. The number of rotatable bonds is 7. The first kappa shape index (κ1) is 25.5. The Labute approximate surface area is 206 Å². The van der Waals surface area contributed by atoms with Crippen molar-refractivity contribution in [2.75, 3.05) is 13.7 Å². The van der Waals surface area contributed by atoms with Gasteiger partial charge in [0.2, 0.25) is 5.78 Å². The average molecular weight is 521 g/mol. The molecule has 11 heteroatoms. The van der Waals surface area contributed by atoms with E-state index in [4.69, 9.17) is 4.74 Å². The quantitative estimate of drug-likeness (QED) is 0.593. The van der Waals surface area contributed by atoms with Gasteiger partial charge in [0, 0.05) is 18.0 Å². The van der Waals surface area contributed by atoms with E-state index >= 15 is 0 Å². The summed E-state index contributed by atoms with van der Waals surface area (Å²) in [5.74, 6) is -2.34. The van der Waals surface area contributed by atoms with Crippen LogP contribution < -0.4 is 10.1 Å². The average Bonchev–Trinajstić information content (AvgIpc) is 3.27. The van der Waals surface area contributed by atoms with Crippen molar-refractivity contribution in [3.05, 3.63) is 83.6 Å². The predicted octanol–water partition coefficient (Wildman–Crippen LogP) is 3.59. The van der Waals surface area contributed by atoms with E-state index in [1.807, 2.05) is 11.4 Å². The molecule has 0 spiro atoms. The fourth-order valence-corrected chi connectivity index (χ4v) is 5.86. The molecule has 3 aliphatic rings. The van der Waals surface area contributed by atoms with Crippen molar-refractivity contribution in [1.29, 1.82) is 0 Å². The normalized spacial score (nSPS) is 21.3. The minimum absolute atomic E-state index is 0.00538. The van der Waals surface area contributed by atoms with Crippen molar-refractivity contribution in [2.45, 2.75) is 30.0 Å². The lowest BCUT2D eigenvalue weighted by molar-refractivity contribution is -0.173. The first-order valence-corrected chi connectivity index (χ1v) is 12.5. The number of fused-ring (bicyclic) bond motifs is 1. The molecule has 0 aromatic heterocycles. The Morgan fingerprint density at radius 3 is 2.39 bits per heavy atom. The summed E-state index contributed by atoms with van der Waals surface area (Å²) in [6.07, 6.45) is 7.10. The molecular formula is C25H23F3N2O5S. The highest BCUT2D eigenvalue weighted by molar-refractivity contribution is 7.89. The number of amides is 1. The molecule has 2 unspecified atom stereocenters. The lowest BCUT2D eigenvalue weighted by atomic mass is 9.94. The summed E-state index contributed by atoms with van der Waals surface area (Å²) in [6.45, 7) is -0.295. The van der Waals surface area contributed by atoms with E-state index in [9.17, 15) is 31.2 Å². The number of carbonyl (C=O) groups is 2. The van der Waals surface area contributed by atoms with Crippen LogP contribution in [0.1, 0.15) is 12.8 Å². The Balaban J connectivity index is 1.59. The van der Waals surface area contributed by atoms with Gasteiger partial charge in [-0.2, -0.15) is 13.2 Å². The highest BCUT2D eigenvalue weighted by atomic mass is 32.2. The van der Waals surface area contributed by atoms with E-state index in [0.717, 1.165) is 4.31 Å². The molecule has 1 aromatic rings. The number of allylic oxidation sites excluding steroid dienone is 5. The van der Waals surface area contributed by atoms with Crippen LogP contribution in [0.15, 0.2) is 88.5 Å². The molecule has 0 bridgehead atoms. The zero-order valence-electron chi connectivity index (χ0n) is 19.2. The molecule has 1 N–H and O–H groups in total. The molecule has 0 saturated heterocycles. The van der Waals surface area contributed by atoms with Crippen LogP contribution in [0.3, 0.4) is 0 Å². The lowest BCUT2D eigenvalue weighted by Gasteiger charge is -2.30. The number of sulfonamides is 1. The van der Waals surface area contributed by atoms with Crippen molar-refractivity contribution >= 4 is 21.7 Å². The Kier molecular flexibility index (Phi) is 6.94. The predicted molar refractivity (Wildman–Crippen MR) is 125 cm³/mol. The van der Waals surface area contributed by atoms with Gasteiger partial charge < -0.3 is 10.1 Å². The maximum absolute atomic E-state index is 13.6. The van der Waals surface area contributed by atoms with E-state index in [2.05, 4.69) is 0 Å². The van der Waals surface area contributed by atoms with E-state index in [1.54, 1.807) is 24.3 Å². The van der Waals surface area contributed by atoms with Gasteiger partial charge in [-0.15, -0.1) is 0 Å². The zero-order chi connectivity index (χ0) is 26.1. The molecular weight excluding hydrogens is 497 g/mol. The number of methoxy groups -OCH3 is 1. The highest BCUT2D eigenvalue weighted by Crippen LogP contribution is 2.38. The molecule has 1 heterocycles. The van der Waals surface area contributed by atoms with Gasteiger partial charge in [-0.25, -0.2) is 8.42 Å². The fourth-order valence-electron chi connectivity index (χ4n) is 4.22. The van der Waals surface area contributed by atoms with Crippen LogP contribution in [-0.4, -0.2) is 50.3 Å². The fraction of sp³-hybridized carbons (Fsp3) is 0.280. The number of nitrogens with zero attached hydrogens (tertiary/aromatic N) is 1. The minimum Gasteiger partial charge on any atom is -0.497 e. The minimum atomic E-state index is -4.97. The van der Waals surface area contributed by atoms with Crippen molar-refractivity contribution in [1.82, 2.24) is 9.62 Å². The Morgan fingerprint density at radius 1 is 1.08 bits per heavy atom. The third-order valence-electron chi connectivity index (χ3n) is 6.12. The third-order valence-corrected chi connectivity index (χ3v) is 7.94. The second-order valence-corrected chi connectivity index (χ2v) is 10.2. The molecule has 1 aromatic carbocycles. The second kappa shape index (κ2) is 9.81. The maximum atomic E-state index is 13.6. The maximum Gasteiger partial charge on any atom is 0.471 e. The zero-order valence-corrected chi connectivity index (χ0v) is 20.0. The van der Waals surface area contributed by atoms with E-state index in [1.165, 1.54) is 43.5 Å². The summed E-state index contributed by atoms with van der Waals surface area (Å²) >= 11 is 0. The molecule has 1 aliphatic heterocycles. The third kappa shape index (κ3) is 5.01. The van der Waals surface area contributed by atoms with Gasteiger partial charge in [0.25, 0.3) is 10.0 Å². The largest absolute Gasteiger partial charge is 0.497 e. The standard InChI is InChI=1S/C25H23F3N2O5S/c1-35-19-10-12-20(13-11-19)36(33,34)30-21-5-3-2-4-18(21)14-22(30)23(31)17-8-6-16(7-9-17)15-29-24(32)25(26,27)28/h2-6,8,10-14,18,21H,7,9,15H2,1H3,(H,29,32). The van der Waals surface area contributed by atoms with Crippen LogP contribution in [0.25, 0.3) is 0 Å². The number of alkyl halides is 3. The summed E-state index contributed by atoms with van der Waals surface area (Å²) in [6, 6.07) is 5.27. The lowest BCUT2D eigenvalue weighted by Crippen LogP contribution is -2.40. The molecule has 0 saturated carbocycles. The van der Waals surface area contributed by atoms with Crippen LogP contribution in [0, 0.1) is 5.92 Å². The van der Waals surface area contributed by atoms with Gasteiger partial charge in [-0.05, 0) is 43.2 Å². The van der Waals surface area contributed by atoms with E-state index < -0.39 is 33.9 Å². The number of ketones is 1. The van der Waals surface area contributed by atoms with Crippen LogP contribution in [-0.2, 0) is 19.6 Å². The molecule has 2 atom stereocenters. The second-order valence-electron chi connectivity index (χ2n) is 8.39. The first-order chi connectivity index (χ1) is 17.0. The monoisotopic (exact) mass is 520 g/mol. The molecule has 190 valence electrons. The number of benzene rings is 1. The smallest absolute Gasteiger partial charge is 0.471 e. The summed E-state index contributed by atoms with van der Waals surface area (Å²) < 4.78 is 70.7. The van der Waals surface area contributed by atoms with Crippen molar-refractivity contribution < 1.29 is 35.9 Å². The number of hydrogen-bond donors (Lipinski definition) is 1. The van der Waals surface area contributed by atoms with Crippen molar-refractivity contribution in [3.63, 3.8) is 0 Å². The first-order valence-electron chi connectivity index (χ1n) is 11.1. The van der Waals surface area contributed by atoms with Crippen molar-refractivity contribution in [2.24, 2.45) is 5.92 Å². The van der Waals surface area contributed by atoms with Crippen LogP contribution in [0.5, 0.6) is 5.75 Å². The van der Waals surface area contributed by atoms with Crippen LogP contribution >= 0.6 is 0 Å². The van der Waals surface area contributed by atoms with Gasteiger partial charge in [0.15, 0.2) is 0 Å². The molecule has 0 radical (unpaired) electrons. The SMILES string of the molecule is COc1ccc(S(=O)(=O)N2C(C(=O)C3=CC=C(CNC(=O)C(F)(F)F)CC3)=CC3C=CC=CC32)cc1. The van der Waals surface area contributed by atoms with Gasteiger partial charge >= 0.3 is 12.1 Å². The number of hydrogen-bond acceptors (Lipinski definition) is 5. The Bertz CT molecular complexity index is 1320. The van der Waals surface area contributed by atoms with Crippen molar-refractivity contribution in [3.8, 4) is 5.75 Å². The number of Topliss-reactive ketones (excluding diaryl/α,β-unsaturated/α-hetero) is 1. The summed E-state index contributed by atoms with van der Waals surface area (Å²) in [5.41, 5.74) is 0.867. The number of ether oxygens (including phenoxy) is 1. The summed E-state index contributed by atoms with van der Waals surface area (Å²) in [5, 5.41) is 1.81. The highest BCUT2D eigenvalue weighted by Gasteiger charge is 2.43. The van der Waals surface area contributed by atoms with E-state index in [-0.39, 0.29) is 35.9 Å². The Morgan fingerprint density at radius 2 is 1.78 bits per heavy atom. The molecule has 0 fully saturated rings. The molecule has 2 aliphatic carbocycles. The summed E-state index contributed by atoms with van der Waals surface area (Å²) in [4.78, 5) is 24.5. The van der Waals surface area contributed by atoms with Crippen LogP contribution in [0.4, 0.5) is 13.2 Å². The number of nitrogens with one attached hydrogen (secondary N) is 1. The topological polar surface area (TPSA) is 92.8 Å². The summed E-state index contributed by atoms with van der Waals surface area (Å²) in [7, 11) is -2.64. The van der Waals surface area contributed by atoms with Gasteiger partial charge in [0.1, 0.15) is 5.75 Å². The molecule has 36 heavy (non-hydrogen) atoms. The van der Waals surface area contributed by atoms with Crippen LogP contribution in [0.2, 0.25) is 0 Å². The van der Waals surface area contributed by atoms with Gasteiger partial charge in [-0.1, -0.05) is 42.0 Å². The molecule has 4 rings (SSSR count). The Hall–Kier alpha value is -3.60. The molecule has 7 nitrogen and oxygen atoms in total. The van der Waals surface area contributed by atoms with Gasteiger partial charge in [-0.3, -0.25) is 13.9 Å². The molecule has 1 amide bonds. The number of halogens is 3. The van der Waals surface area contributed by atoms with E-state index in [0.29, 0.717) is 16.9 Å². The van der Waals surface area contributed by atoms with Gasteiger partial charge in [0.05, 0.1) is 23.7 Å².